The topological polar surface area (TPSA) is 59.8 Å². The minimum absolute atomic E-state index is 0.0384. The number of carbonyl (C=O) groups is 1. The van der Waals surface area contributed by atoms with E-state index in [0.29, 0.717) is 11.5 Å². The van der Waals surface area contributed by atoms with Gasteiger partial charge in [-0.15, -0.1) is 0 Å². The van der Waals surface area contributed by atoms with Crippen molar-refractivity contribution in [3.8, 4) is 11.5 Å². The Bertz CT molecular complexity index is 766. The molecule has 1 aliphatic rings. The van der Waals surface area contributed by atoms with Crippen molar-refractivity contribution in [1.82, 2.24) is 19.6 Å². The van der Waals surface area contributed by atoms with Gasteiger partial charge in [-0.3, -0.25) is 14.4 Å². The molecule has 1 amide bonds. The maximum Gasteiger partial charge on any atom is 0.246 e. The SMILES string of the molecule is COc1ccc(C=CC(=O)N2CCN(CCn3cccn3)CC2)cc1OC. The number of ether oxygens (including phenoxy) is 2. The second-order valence-electron chi connectivity index (χ2n) is 6.38. The van der Waals surface area contributed by atoms with Crippen molar-refractivity contribution >= 4 is 12.0 Å². The van der Waals surface area contributed by atoms with Gasteiger partial charge in [-0.05, 0) is 29.8 Å². The van der Waals surface area contributed by atoms with E-state index >= 15 is 0 Å². The molecule has 0 unspecified atom stereocenters. The van der Waals surface area contributed by atoms with Gasteiger partial charge in [0, 0.05) is 51.2 Å². The van der Waals surface area contributed by atoms with Gasteiger partial charge in [0.25, 0.3) is 0 Å². The average molecular weight is 370 g/mol. The van der Waals surface area contributed by atoms with E-state index in [4.69, 9.17) is 9.47 Å². The first-order valence-corrected chi connectivity index (χ1v) is 9.08. The molecule has 1 saturated heterocycles. The number of hydrogen-bond acceptors (Lipinski definition) is 5. The van der Waals surface area contributed by atoms with Crippen LogP contribution in [0.3, 0.4) is 0 Å². The molecule has 0 bridgehead atoms. The van der Waals surface area contributed by atoms with E-state index in [-0.39, 0.29) is 5.91 Å². The van der Waals surface area contributed by atoms with Crippen LogP contribution in [-0.4, -0.2) is 72.4 Å². The van der Waals surface area contributed by atoms with Gasteiger partial charge in [0.2, 0.25) is 5.91 Å². The second kappa shape index (κ2) is 9.23. The monoisotopic (exact) mass is 370 g/mol. The third-order valence-electron chi connectivity index (χ3n) is 4.71. The molecule has 7 nitrogen and oxygen atoms in total. The van der Waals surface area contributed by atoms with Gasteiger partial charge in [0.1, 0.15) is 0 Å². The third kappa shape index (κ3) is 5.10. The molecule has 0 saturated carbocycles. The minimum atomic E-state index is 0.0384. The van der Waals surface area contributed by atoms with Crippen LogP contribution in [0.25, 0.3) is 6.08 Å². The lowest BCUT2D eigenvalue weighted by molar-refractivity contribution is -0.127. The van der Waals surface area contributed by atoms with Crippen LogP contribution < -0.4 is 9.47 Å². The Morgan fingerprint density at radius 1 is 1.11 bits per heavy atom. The Balaban J connectivity index is 1.48. The number of benzene rings is 1. The van der Waals surface area contributed by atoms with E-state index in [0.717, 1.165) is 44.8 Å². The number of carbonyl (C=O) groups excluding carboxylic acids is 1. The molecule has 0 aliphatic carbocycles. The Kier molecular flexibility index (Phi) is 6.49. The fraction of sp³-hybridized carbons (Fsp3) is 0.400. The van der Waals surface area contributed by atoms with Crippen LogP contribution >= 0.6 is 0 Å². The van der Waals surface area contributed by atoms with E-state index < -0.39 is 0 Å². The zero-order valence-electron chi connectivity index (χ0n) is 15.9. The summed E-state index contributed by atoms with van der Waals surface area (Å²) in [6, 6.07) is 7.52. The molecule has 2 heterocycles. The molecule has 0 radical (unpaired) electrons. The number of hydrogen-bond donors (Lipinski definition) is 0. The Labute approximate surface area is 159 Å². The second-order valence-corrected chi connectivity index (χ2v) is 6.38. The minimum Gasteiger partial charge on any atom is -0.493 e. The zero-order chi connectivity index (χ0) is 19.1. The van der Waals surface area contributed by atoms with Crippen molar-refractivity contribution in [2.75, 3.05) is 46.9 Å². The third-order valence-corrected chi connectivity index (χ3v) is 4.71. The first-order valence-electron chi connectivity index (χ1n) is 9.08. The molecule has 2 aromatic rings. The van der Waals surface area contributed by atoms with Crippen LogP contribution in [0, 0.1) is 0 Å². The van der Waals surface area contributed by atoms with Gasteiger partial charge in [-0.25, -0.2) is 0 Å². The van der Waals surface area contributed by atoms with Gasteiger partial charge in [-0.2, -0.15) is 5.10 Å². The zero-order valence-corrected chi connectivity index (χ0v) is 15.9. The van der Waals surface area contributed by atoms with Gasteiger partial charge in [0.05, 0.1) is 20.8 Å². The Morgan fingerprint density at radius 2 is 1.89 bits per heavy atom. The highest BCUT2D eigenvalue weighted by molar-refractivity contribution is 5.92. The van der Waals surface area contributed by atoms with E-state index in [1.54, 1.807) is 26.5 Å². The van der Waals surface area contributed by atoms with E-state index in [9.17, 15) is 4.79 Å². The summed E-state index contributed by atoms with van der Waals surface area (Å²) in [5.41, 5.74) is 0.902. The fourth-order valence-electron chi connectivity index (χ4n) is 3.10. The fourth-order valence-corrected chi connectivity index (χ4v) is 3.10. The lowest BCUT2D eigenvalue weighted by Crippen LogP contribution is -2.48. The molecule has 27 heavy (non-hydrogen) atoms. The quantitative estimate of drug-likeness (QED) is 0.695. The van der Waals surface area contributed by atoms with Gasteiger partial charge < -0.3 is 14.4 Å². The highest BCUT2D eigenvalue weighted by Crippen LogP contribution is 2.27. The summed E-state index contributed by atoms with van der Waals surface area (Å²) in [7, 11) is 3.20. The van der Waals surface area contributed by atoms with Crippen LogP contribution in [0.15, 0.2) is 42.7 Å². The van der Waals surface area contributed by atoms with Crippen LogP contribution in [0.5, 0.6) is 11.5 Å². The van der Waals surface area contributed by atoms with Crippen molar-refractivity contribution in [3.63, 3.8) is 0 Å². The molecule has 7 heteroatoms. The van der Waals surface area contributed by atoms with Crippen LogP contribution in [0.4, 0.5) is 0 Å². The number of aromatic nitrogens is 2. The lowest BCUT2D eigenvalue weighted by atomic mass is 10.2. The van der Waals surface area contributed by atoms with Gasteiger partial charge in [0.15, 0.2) is 11.5 Å². The number of nitrogens with zero attached hydrogens (tertiary/aromatic N) is 4. The number of methoxy groups -OCH3 is 2. The summed E-state index contributed by atoms with van der Waals surface area (Å²) >= 11 is 0. The summed E-state index contributed by atoms with van der Waals surface area (Å²) in [6.45, 7) is 5.09. The van der Waals surface area contributed by atoms with Crippen molar-refractivity contribution < 1.29 is 14.3 Å². The molecular weight excluding hydrogens is 344 g/mol. The summed E-state index contributed by atoms with van der Waals surface area (Å²) in [6.07, 6.45) is 7.20. The van der Waals surface area contributed by atoms with Crippen molar-refractivity contribution in [2.45, 2.75) is 6.54 Å². The summed E-state index contributed by atoms with van der Waals surface area (Å²) < 4.78 is 12.5. The van der Waals surface area contributed by atoms with Crippen LogP contribution in [0.1, 0.15) is 5.56 Å². The first kappa shape index (κ1) is 19.0. The first-order chi connectivity index (χ1) is 13.2. The molecule has 1 fully saturated rings. The molecule has 0 N–H and O–H groups in total. The lowest BCUT2D eigenvalue weighted by Gasteiger charge is -2.34. The predicted molar refractivity (Wildman–Crippen MR) is 104 cm³/mol. The predicted octanol–water partition coefficient (Wildman–Crippen LogP) is 1.76. The molecule has 0 spiro atoms. The van der Waals surface area contributed by atoms with Crippen LogP contribution in [0.2, 0.25) is 0 Å². The summed E-state index contributed by atoms with van der Waals surface area (Å²) in [5, 5.41) is 4.22. The molecular formula is C20H26N4O3. The smallest absolute Gasteiger partial charge is 0.246 e. The van der Waals surface area contributed by atoms with Crippen molar-refractivity contribution in [1.29, 1.82) is 0 Å². The maximum atomic E-state index is 12.5. The highest BCUT2D eigenvalue weighted by Gasteiger charge is 2.19. The highest BCUT2D eigenvalue weighted by atomic mass is 16.5. The number of piperazine rings is 1. The van der Waals surface area contributed by atoms with Crippen molar-refractivity contribution in [3.05, 3.63) is 48.3 Å². The molecule has 144 valence electrons. The Hall–Kier alpha value is -2.80. The molecule has 1 aromatic heterocycles. The van der Waals surface area contributed by atoms with Gasteiger partial charge >= 0.3 is 0 Å². The normalized spacial score (nSPS) is 15.3. The van der Waals surface area contributed by atoms with Crippen molar-refractivity contribution in [2.24, 2.45) is 0 Å². The standard InChI is InChI=1S/C20H26N4O3/c1-26-18-6-4-17(16-19(18)27-2)5-7-20(25)23-13-10-22(11-14-23)12-15-24-9-3-8-21-24/h3-9,16H,10-15H2,1-2H3. The van der Waals surface area contributed by atoms with E-state index in [1.807, 2.05) is 46.1 Å². The molecule has 3 rings (SSSR count). The van der Waals surface area contributed by atoms with Crippen LogP contribution in [-0.2, 0) is 11.3 Å². The summed E-state index contributed by atoms with van der Waals surface area (Å²) in [4.78, 5) is 16.7. The number of amides is 1. The van der Waals surface area contributed by atoms with E-state index in [1.165, 1.54) is 0 Å². The Morgan fingerprint density at radius 3 is 2.56 bits per heavy atom. The molecule has 1 aromatic carbocycles. The van der Waals surface area contributed by atoms with Gasteiger partial charge in [-0.1, -0.05) is 6.07 Å². The largest absolute Gasteiger partial charge is 0.493 e. The maximum absolute atomic E-state index is 12.5. The molecule has 0 atom stereocenters. The number of rotatable bonds is 7. The average Bonchev–Trinajstić information content (AvgIpc) is 3.24. The van der Waals surface area contributed by atoms with E-state index in [2.05, 4.69) is 10.00 Å². The molecule has 1 aliphatic heterocycles. The summed E-state index contributed by atoms with van der Waals surface area (Å²) in [5.74, 6) is 1.36.